The van der Waals surface area contributed by atoms with Gasteiger partial charge in [0, 0.05) is 28.4 Å². The predicted molar refractivity (Wildman–Crippen MR) is 109 cm³/mol. The van der Waals surface area contributed by atoms with Gasteiger partial charge in [-0.05, 0) is 48.7 Å². The maximum atomic E-state index is 13.2. The number of benzene rings is 2. The van der Waals surface area contributed by atoms with E-state index in [9.17, 15) is 9.59 Å². The average molecular weight is 441 g/mol. The monoisotopic (exact) mass is 440 g/mol. The summed E-state index contributed by atoms with van der Waals surface area (Å²) in [6.07, 6.45) is 3.84. The van der Waals surface area contributed by atoms with Gasteiger partial charge in [-0.25, -0.2) is 0 Å². The molecule has 28 heavy (non-hydrogen) atoms. The molecule has 4 atom stereocenters. The van der Waals surface area contributed by atoms with Gasteiger partial charge in [0.25, 0.3) is 0 Å². The zero-order chi connectivity index (χ0) is 19.3. The zero-order valence-electron chi connectivity index (χ0n) is 15.3. The molecule has 2 bridgehead atoms. The number of anilines is 1. The van der Waals surface area contributed by atoms with Crippen LogP contribution >= 0.6 is 15.9 Å². The largest absolute Gasteiger partial charge is 0.467 e. The highest BCUT2D eigenvalue weighted by Crippen LogP contribution is 2.55. The summed E-state index contributed by atoms with van der Waals surface area (Å²) in [5.41, 5.74) is 0.973. The standard InChI is InChI=1S/C22H21BrN2O3/c23-13-8-10-14(11-9-13)24-20(26)19-18-15-5-1-2-7-17(15)28-22(25-21(19)27)12-4-3-6-16(18)22/h1-2,5,7-11,16,18-19H,3-4,6,12H2,(H,24,26)(H,25,27)/t16-,18-,19-,22-/m1/s1. The molecule has 2 aliphatic heterocycles. The van der Waals surface area contributed by atoms with E-state index in [0.717, 1.165) is 41.5 Å². The summed E-state index contributed by atoms with van der Waals surface area (Å²) in [6, 6.07) is 15.2. The SMILES string of the molecule is O=C(Nc1ccc(Br)cc1)[C@@H]1C(=O)N[C@@]23CCCC[C@@H]2[C@H]1c1ccccc1O3. The highest BCUT2D eigenvalue weighted by atomic mass is 79.9. The Bertz CT molecular complexity index is 945. The van der Waals surface area contributed by atoms with Crippen molar-refractivity contribution >= 4 is 33.4 Å². The second kappa shape index (κ2) is 6.62. The minimum Gasteiger partial charge on any atom is -0.467 e. The molecule has 1 saturated carbocycles. The van der Waals surface area contributed by atoms with Crippen LogP contribution in [0.2, 0.25) is 0 Å². The van der Waals surface area contributed by atoms with Crippen molar-refractivity contribution in [2.75, 3.05) is 5.32 Å². The lowest BCUT2D eigenvalue weighted by atomic mass is 9.62. The van der Waals surface area contributed by atoms with Crippen molar-refractivity contribution in [3.63, 3.8) is 0 Å². The van der Waals surface area contributed by atoms with E-state index in [2.05, 4.69) is 26.6 Å². The van der Waals surface area contributed by atoms with E-state index in [0.29, 0.717) is 5.69 Å². The van der Waals surface area contributed by atoms with Crippen molar-refractivity contribution in [3.8, 4) is 5.75 Å². The third-order valence-corrected chi connectivity index (χ3v) is 6.82. The minimum atomic E-state index is -0.773. The molecule has 2 aromatic carbocycles. The van der Waals surface area contributed by atoms with Crippen LogP contribution in [0.15, 0.2) is 53.0 Å². The second-order valence-corrected chi connectivity index (χ2v) is 8.79. The van der Waals surface area contributed by atoms with Gasteiger partial charge in [-0.2, -0.15) is 0 Å². The quantitative estimate of drug-likeness (QED) is 0.687. The maximum Gasteiger partial charge on any atom is 0.237 e. The summed E-state index contributed by atoms with van der Waals surface area (Å²) in [6.45, 7) is 0. The van der Waals surface area contributed by atoms with Gasteiger partial charge in [0.05, 0.1) is 0 Å². The van der Waals surface area contributed by atoms with E-state index in [1.54, 1.807) is 0 Å². The first-order chi connectivity index (χ1) is 13.6. The first-order valence-corrected chi connectivity index (χ1v) is 10.5. The van der Waals surface area contributed by atoms with Crippen LogP contribution in [0.3, 0.4) is 0 Å². The smallest absolute Gasteiger partial charge is 0.237 e. The first kappa shape index (κ1) is 17.7. The molecule has 1 saturated heterocycles. The number of hydrogen-bond donors (Lipinski definition) is 2. The summed E-state index contributed by atoms with van der Waals surface area (Å²) in [4.78, 5) is 26.3. The van der Waals surface area contributed by atoms with Crippen LogP contribution in [0, 0.1) is 11.8 Å². The van der Waals surface area contributed by atoms with Crippen molar-refractivity contribution in [2.24, 2.45) is 11.8 Å². The number of ether oxygens (including phenoxy) is 1. The summed E-state index contributed by atoms with van der Waals surface area (Å²) in [5.74, 6) is -0.561. The molecule has 0 radical (unpaired) electrons. The molecule has 0 spiro atoms. The molecule has 0 unspecified atom stereocenters. The molecule has 2 heterocycles. The van der Waals surface area contributed by atoms with Crippen LogP contribution in [0.4, 0.5) is 5.69 Å². The normalized spacial score (nSPS) is 30.3. The lowest BCUT2D eigenvalue weighted by molar-refractivity contribution is -0.160. The Labute approximate surface area is 172 Å². The maximum absolute atomic E-state index is 13.2. The molecule has 5 nitrogen and oxygen atoms in total. The highest BCUT2D eigenvalue weighted by Gasteiger charge is 2.60. The lowest BCUT2D eigenvalue weighted by Crippen LogP contribution is -2.69. The zero-order valence-corrected chi connectivity index (χ0v) is 16.9. The molecule has 0 aromatic heterocycles. The van der Waals surface area contributed by atoms with Crippen molar-refractivity contribution < 1.29 is 14.3 Å². The van der Waals surface area contributed by atoms with Gasteiger partial charge in [-0.1, -0.05) is 40.5 Å². The van der Waals surface area contributed by atoms with E-state index >= 15 is 0 Å². The number of piperidine rings is 1. The number of nitrogens with one attached hydrogen (secondary N) is 2. The van der Waals surface area contributed by atoms with Gasteiger partial charge in [0.15, 0.2) is 5.72 Å². The Kier molecular flexibility index (Phi) is 4.19. The Morgan fingerprint density at radius 1 is 1.14 bits per heavy atom. The van der Waals surface area contributed by atoms with Gasteiger partial charge in [-0.3, -0.25) is 9.59 Å². The van der Waals surface area contributed by atoms with Gasteiger partial charge in [-0.15, -0.1) is 0 Å². The van der Waals surface area contributed by atoms with Crippen LogP contribution < -0.4 is 15.4 Å². The van der Waals surface area contributed by atoms with Crippen LogP contribution in [-0.4, -0.2) is 17.5 Å². The van der Waals surface area contributed by atoms with Gasteiger partial charge < -0.3 is 15.4 Å². The molecule has 5 rings (SSSR count). The molecule has 144 valence electrons. The minimum absolute atomic E-state index is 0.106. The molecule has 3 aliphatic rings. The number of halogens is 1. The number of carbonyl (C=O) groups is 2. The van der Waals surface area contributed by atoms with E-state index < -0.39 is 11.6 Å². The van der Waals surface area contributed by atoms with Crippen molar-refractivity contribution in [1.29, 1.82) is 0 Å². The number of fused-ring (bicyclic) bond motifs is 2. The number of para-hydroxylation sites is 1. The van der Waals surface area contributed by atoms with E-state index in [4.69, 9.17) is 4.74 Å². The van der Waals surface area contributed by atoms with Crippen LogP contribution in [0.5, 0.6) is 5.75 Å². The van der Waals surface area contributed by atoms with Gasteiger partial charge >= 0.3 is 0 Å². The molecular formula is C22H21BrN2O3. The molecule has 2 amide bonds. The van der Waals surface area contributed by atoms with E-state index in [1.807, 2.05) is 48.5 Å². The molecule has 1 aliphatic carbocycles. The fourth-order valence-electron chi connectivity index (χ4n) is 5.11. The second-order valence-electron chi connectivity index (χ2n) is 7.87. The lowest BCUT2D eigenvalue weighted by Gasteiger charge is -2.55. The average Bonchev–Trinajstić information content (AvgIpc) is 2.68. The Morgan fingerprint density at radius 3 is 2.75 bits per heavy atom. The van der Waals surface area contributed by atoms with Crippen molar-refractivity contribution in [1.82, 2.24) is 5.32 Å². The Hall–Kier alpha value is -2.34. The topological polar surface area (TPSA) is 67.4 Å². The highest BCUT2D eigenvalue weighted by molar-refractivity contribution is 9.10. The summed E-state index contributed by atoms with van der Waals surface area (Å²) >= 11 is 3.40. The number of carbonyl (C=O) groups excluding carboxylic acids is 2. The van der Waals surface area contributed by atoms with Crippen molar-refractivity contribution in [3.05, 3.63) is 58.6 Å². The first-order valence-electron chi connectivity index (χ1n) is 9.74. The summed E-state index contributed by atoms with van der Waals surface area (Å²) in [5, 5.41) is 6.04. The predicted octanol–water partition coefficient (Wildman–Crippen LogP) is 4.20. The fraction of sp³-hybridized carbons (Fsp3) is 0.364. The Balaban J connectivity index is 1.54. The number of hydrogen-bond acceptors (Lipinski definition) is 3. The summed E-state index contributed by atoms with van der Waals surface area (Å²) in [7, 11) is 0. The summed E-state index contributed by atoms with van der Waals surface area (Å²) < 4.78 is 7.29. The Morgan fingerprint density at radius 2 is 1.93 bits per heavy atom. The molecule has 2 aromatic rings. The number of amides is 2. The van der Waals surface area contributed by atoms with Crippen molar-refractivity contribution in [2.45, 2.75) is 37.3 Å². The number of rotatable bonds is 2. The van der Waals surface area contributed by atoms with E-state index in [1.165, 1.54) is 0 Å². The van der Waals surface area contributed by atoms with Gasteiger partial charge in [0.2, 0.25) is 11.8 Å². The van der Waals surface area contributed by atoms with Crippen LogP contribution in [0.1, 0.15) is 37.2 Å². The van der Waals surface area contributed by atoms with Crippen LogP contribution in [0.25, 0.3) is 0 Å². The molecule has 6 heteroatoms. The molecular weight excluding hydrogens is 420 g/mol. The van der Waals surface area contributed by atoms with Gasteiger partial charge in [0.1, 0.15) is 11.7 Å². The third kappa shape index (κ3) is 2.73. The molecule has 2 N–H and O–H groups in total. The molecule has 2 fully saturated rings. The van der Waals surface area contributed by atoms with E-state index in [-0.39, 0.29) is 23.7 Å². The van der Waals surface area contributed by atoms with Crippen LogP contribution in [-0.2, 0) is 9.59 Å². The third-order valence-electron chi connectivity index (χ3n) is 6.29. The fourth-order valence-corrected chi connectivity index (χ4v) is 5.37.